The lowest BCUT2D eigenvalue weighted by Gasteiger charge is -2.24. The number of unbranched alkanes of at least 4 members (excludes halogenated alkanes) is 3. The first-order valence-electron chi connectivity index (χ1n) is 6.25. The molecular formula is C12H25NO2. The predicted molar refractivity (Wildman–Crippen MR) is 61.8 cm³/mol. The summed E-state index contributed by atoms with van der Waals surface area (Å²) < 4.78 is 0. The number of hydrogen-bond donors (Lipinski definition) is 2. The minimum atomic E-state index is 0.303. The lowest BCUT2D eigenvalue weighted by molar-refractivity contribution is 0.137. The molecule has 1 aliphatic rings. The van der Waals surface area contributed by atoms with Crippen LogP contribution >= 0.6 is 0 Å². The fraction of sp³-hybridized carbons (Fsp3) is 1.00. The maximum absolute atomic E-state index is 9.27. The third kappa shape index (κ3) is 4.09. The van der Waals surface area contributed by atoms with Gasteiger partial charge in [-0.3, -0.25) is 4.90 Å². The summed E-state index contributed by atoms with van der Waals surface area (Å²) in [7, 11) is 0. The van der Waals surface area contributed by atoms with Crippen molar-refractivity contribution in [2.24, 2.45) is 5.92 Å². The molecule has 0 saturated carbocycles. The second-order valence-corrected chi connectivity index (χ2v) is 4.69. The Morgan fingerprint density at radius 1 is 1.13 bits per heavy atom. The van der Waals surface area contributed by atoms with Crippen molar-refractivity contribution < 1.29 is 10.2 Å². The van der Waals surface area contributed by atoms with Crippen LogP contribution in [0.25, 0.3) is 0 Å². The summed E-state index contributed by atoms with van der Waals surface area (Å²) in [6, 6.07) is 0.392. The second kappa shape index (κ2) is 7.20. The van der Waals surface area contributed by atoms with Crippen molar-refractivity contribution in [2.45, 2.75) is 45.1 Å². The van der Waals surface area contributed by atoms with E-state index in [4.69, 9.17) is 5.11 Å². The molecule has 0 aliphatic carbocycles. The van der Waals surface area contributed by atoms with Gasteiger partial charge in [-0.1, -0.05) is 19.8 Å². The highest BCUT2D eigenvalue weighted by Crippen LogP contribution is 2.23. The average molecular weight is 215 g/mol. The number of aliphatic hydroxyl groups excluding tert-OH is 2. The molecule has 1 rings (SSSR count). The van der Waals surface area contributed by atoms with Gasteiger partial charge in [0.2, 0.25) is 0 Å². The number of likely N-dealkylation sites (tertiary alicyclic amines) is 1. The first-order chi connectivity index (χ1) is 7.29. The monoisotopic (exact) mass is 215 g/mol. The Balaban J connectivity index is 2.10. The summed E-state index contributed by atoms with van der Waals surface area (Å²) in [6.45, 7) is 5.11. The maximum atomic E-state index is 9.27. The molecule has 1 aliphatic heterocycles. The highest BCUT2D eigenvalue weighted by molar-refractivity contribution is 4.83. The van der Waals surface area contributed by atoms with E-state index in [9.17, 15) is 5.11 Å². The van der Waals surface area contributed by atoms with Crippen molar-refractivity contribution in [1.29, 1.82) is 0 Å². The number of rotatable bonds is 7. The van der Waals surface area contributed by atoms with Gasteiger partial charge in [-0.15, -0.1) is 0 Å². The zero-order valence-electron chi connectivity index (χ0n) is 9.86. The fourth-order valence-corrected chi connectivity index (χ4v) is 2.44. The molecule has 2 N–H and O–H groups in total. The lowest BCUT2D eigenvalue weighted by Crippen LogP contribution is -2.35. The Hall–Kier alpha value is -0.120. The average Bonchev–Trinajstić information content (AvgIpc) is 2.59. The summed E-state index contributed by atoms with van der Waals surface area (Å²) in [5.74, 6) is 0.646. The molecular weight excluding hydrogens is 190 g/mol. The van der Waals surface area contributed by atoms with Crippen molar-refractivity contribution in [3.05, 3.63) is 0 Å². The summed E-state index contributed by atoms with van der Waals surface area (Å²) in [4.78, 5) is 2.42. The minimum absolute atomic E-state index is 0.303. The van der Waals surface area contributed by atoms with Gasteiger partial charge in [0.25, 0.3) is 0 Å². The molecule has 0 bridgehead atoms. The highest BCUT2D eigenvalue weighted by atomic mass is 16.3. The SMILES string of the molecule is CC1CCN(CCCCCCO)C1CO. The predicted octanol–water partition coefficient (Wildman–Crippen LogP) is 1.24. The third-order valence-corrected chi connectivity index (χ3v) is 3.54. The van der Waals surface area contributed by atoms with E-state index in [0.717, 1.165) is 25.9 Å². The van der Waals surface area contributed by atoms with E-state index >= 15 is 0 Å². The first-order valence-corrected chi connectivity index (χ1v) is 6.25. The standard InChI is InChI=1S/C12H25NO2/c1-11-6-8-13(12(11)10-15)7-4-2-3-5-9-14/h11-12,14-15H,2-10H2,1H3. The summed E-state index contributed by atoms with van der Waals surface area (Å²) in [5, 5.41) is 17.9. The van der Waals surface area contributed by atoms with Crippen LogP contribution < -0.4 is 0 Å². The van der Waals surface area contributed by atoms with Crippen LogP contribution in [-0.4, -0.2) is 47.5 Å². The molecule has 0 radical (unpaired) electrons. The van der Waals surface area contributed by atoms with E-state index in [2.05, 4.69) is 11.8 Å². The van der Waals surface area contributed by atoms with Gasteiger partial charge in [0, 0.05) is 12.6 Å². The van der Waals surface area contributed by atoms with E-state index in [0.29, 0.717) is 25.2 Å². The van der Waals surface area contributed by atoms with E-state index in [1.165, 1.54) is 19.3 Å². The minimum Gasteiger partial charge on any atom is -0.396 e. The molecule has 15 heavy (non-hydrogen) atoms. The molecule has 0 aromatic heterocycles. The van der Waals surface area contributed by atoms with Gasteiger partial charge >= 0.3 is 0 Å². The van der Waals surface area contributed by atoms with Gasteiger partial charge in [0.15, 0.2) is 0 Å². The van der Waals surface area contributed by atoms with Gasteiger partial charge in [-0.25, -0.2) is 0 Å². The van der Waals surface area contributed by atoms with Crippen LogP contribution in [0, 0.1) is 5.92 Å². The molecule has 0 spiro atoms. The summed E-state index contributed by atoms with van der Waals surface area (Å²) >= 11 is 0. The zero-order chi connectivity index (χ0) is 11.1. The van der Waals surface area contributed by atoms with Crippen molar-refractivity contribution in [2.75, 3.05) is 26.3 Å². The molecule has 2 unspecified atom stereocenters. The molecule has 1 saturated heterocycles. The van der Waals surface area contributed by atoms with Crippen molar-refractivity contribution in [3.8, 4) is 0 Å². The number of aliphatic hydroxyl groups is 2. The van der Waals surface area contributed by atoms with Crippen molar-refractivity contribution >= 4 is 0 Å². The van der Waals surface area contributed by atoms with E-state index in [1.54, 1.807) is 0 Å². The van der Waals surface area contributed by atoms with Gasteiger partial charge < -0.3 is 10.2 Å². The molecule has 0 aromatic rings. The third-order valence-electron chi connectivity index (χ3n) is 3.54. The lowest BCUT2D eigenvalue weighted by atomic mass is 10.0. The molecule has 3 heteroatoms. The van der Waals surface area contributed by atoms with Crippen LogP contribution in [0.15, 0.2) is 0 Å². The Kier molecular flexibility index (Phi) is 6.22. The van der Waals surface area contributed by atoms with Crippen LogP contribution in [0.5, 0.6) is 0 Å². The molecule has 2 atom stereocenters. The van der Waals surface area contributed by atoms with E-state index < -0.39 is 0 Å². The summed E-state index contributed by atoms with van der Waals surface area (Å²) in [6.07, 6.45) is 5.68. The fourth-order valence-electron chi connectivity index (χ4n) is 2.44. The molecule has 0 amide bonds. The van der Waals surface area contributed by atoms with Crippen molar-refractivity contribution in [3.63, 3.8) is 0 Å². The molecule has 3 nitrogen and oxygen atoms in total. The Bertz CT molecular complexity index is 164. The van der Waals surface area contributed by atoms with Gasteiger partial charge in [-0.2, -0.15) is 0 Å². The van der Waals surface area contributed by atoms with Gasteiger partial charge in [0.1, 0.15) is 0 Å². The van der Waals surface area contributed by atoms with Gasteiger partial charge in [0.05, 0.1) is 6.61 Å². The topological polar surface area (TPSA) is 43.7 Å². The quantitative estimate of drug-likeness (QED) is 0.628. The van der Waals surface area contributed by atoms with Gasteiger partial charge in [-0.05, 0) is 38.3 Å². The van der Waals surface area contributed by atoms with E-state index in [-0.39, 0.29) is 0 Å². The zero-order valence-corrected chi connectivity index (χ0v) is 9.86. The smallest absolute Gasteiger partial charge is 0.0589 e. The van der Waals surface area contributed by atoms with Crippen LogP contribution in [0.4, 0.5) is 0 Å². The molecule has 1 heterocycles. The van der Waals surface area contributed by atoms with E-state index in [1.807, 2.05) is 0 Å². The second-order valence-electron chi connectivity index (χ2n) is 4.69. The summed E-state index contributed by atoms with van der Waals surface area (Å²) in [5.41, 5.74) is 0. The Morgan fingerprint density at radius 3 is 2.53 bits per heavy atom. The van der Waals surface area contributed by atoms with Crippen LogP contribution in [0.3, 0.4) is 0 Å². The first kappa shape index (κ1) is 12.9. The van der Waals surface area contributed by atoms with Crippen LogP contribution in [0.2, 0.25) is 0 Å². The highest BCUT2D eigenvalue weighted by Gasteiger charge is 2.29. The Morgan fingerprint density at radius 2 is 1.87 bits per heavy atom. The normalized spacial score (nSPS) is 27.4. The molecule has 90 valence electrons. The maximum Gasteiger partial charge on any atom is 0.0589 e. The number of hydrogen-bond acceptors (Lipinski definition) is 3. The molecule has 1 fully saturated rings. The number of nitrogens with zero attached hydrogens (tertiary/aromatic N) is 1. The van der Waals surface area contributed by atoms with Crippen molar-refractivity contribution in [1.82, 2.24) is 4.90 Å². The Labute approximate surface area is 93.1 Å². The molecule has 0 aromatic carbocycles. The van der Waals surface area contributed by atoms with Crippen LogP contribution in [0.1, 0.15) is 39.0 Å². The largest absolute Gasteiger partial charge is 0.396 e. The van der Waals surface area contributed by atoms with Crippen LogP contribution in [-0.2, 0) is 0 Å².